The first kappa shape index (κ1) is 18.6. The fourth-order valence-electron chi connectivity index (χ4n) is 3.31. The first-order valence-electron chi connectivity index (χ1n) is 8.64. The van der Waals surface area contributed by atoms with Crippen LogP contribution in [0, 0.1) is 16.0 Å². The minimum absolute atomic E-state index is 0.134. The highest BCUT2D eigenvalue weighted by atomic mass is 16.6. The molecule has 0 unspecified atom stereocenters. The molecule has 2 fully saturated rings. The molecule has 144 valence electrons. The molecule has 1 saturated carbocycles. The number of amides is 4. The van der Waals surface area contributed by atoms with Gasteiger partial charge in [0.2, 0.25) is 0 Å². The number of benzene rings is 1. The molecule has 3 rings (SSSR count). The largest absolute Gasteiger partial charge is 0.483 e. The standard InChI is InChI=1S/C17H20N4O6/c1-11-5-7-17(8-6-11)15(23)20(16(24)18-17)19-14(22)10-27-13-4-2-3-12(9-13)21(25)26/h2-4,9,11H,5-8,10H2,1H3,(H,18,24)(H,19,22). The second-order valence-electron chi connectivity index (χ2n) is 6.91. The maximum atomic E-state index is 12.6. The number of nitro benzene ring substituents is 1. The van der Waals surface area contributed by atoms with Gasteiger partial charge in [-0.3, -0.25) is 25.1 Å². The minimum atomic E-state index is -0.947. The first-order valence-corrected chi connectivity index (χ1v) is 8.64. The molecule has 10 heteroatoms. The summed E-state index contributed by atoms with van der Waals surface area (Å²) >= 11 is 0. The first-order chi connectivity index (χ1) is 12.8. The summed E-state index contributed by atoms with van der Waals surface area (Å²) in [6, 6.07) is 4.70. The summed E-state index contributed by atoms with van der Waals surface area (Å²) in [6.45, 7) is 1.60. The molecule has 1 spiro atoms. The number of carbonyl (C=O) groups excluding carboxylic acids is 3. The third kappa shape index (κ3) is 3.83. The molecular weight excluding hydrogens is 356 g/mol. The van der Waals surface area contributed by atoms with Crippen LogP contribution in [0.1, 0.15) is 32.6 Å². The molecule has 2 aliphatic rings. The zero-order chi connectivity index (χ0) is 19.6. The van der Waals surface area contributed by atoms with E-state index >= 15 is 0 Å². The van der Waals surface area contributed by atoms with Crippen molar-refractivity contribution in [2.24, 2.45) is 5.92 Å². The number of nitrogens with zero attached hydrogens (tertiary/aromatic N) is 2. The lowest BCUT2D eigenvalue weighted by molar-refractivity contribution is -0.384. The second kappa shape index (κ2) is 7.22. The van der Waals surface area contributed by atoms with Gasteiger partial charge in [0.1, 0.15) is 11.3 Å². The Morgan fingerprint density at radius 2 is 2.11 bits per heavy atom. The number of hydrazine groups is 1. The molecule has 27 heavy (non-hydrogen) atoms. The molecule has 0 atom stereocenters. The van der Waals surface area contributed by atoms with Gasteiger partial charge in [-0.25, -0.2) is 4.79 Å². The number of imide groups is 1. The number of ether oxygens (including phenoxy) is 1. The van der Waals surface area contributed by atoms with Crippen LogP contribution >= 0.6 is 0 Å². The third-order valence-corrected chi connectivity index (χ3v) is 4.92. The van der Waals surface area contributed by atoms with Crippen LogP contribution in [0.4, 0.5) is 10.5 Å². The quantitative estimate of drug-likeness (QED) is 0.455. The van der Waals surface area contributed by atoms with Crippen LogP contribution in [0.2, 0.25) is 0 Å². The average Bonchev–Trinajstić information content (AvgIpc) is 2.87. The normalized spacial score (nSPS) is 24.6. The maximum Gasteiger partial charge on any atom is 0.344 e. The topological polar surface area (TPSA) is 131 Å². The van der Waals surface area contributed by atoms with Crippen molar-refractivity contribution in [1.29, 1.82) is 0 Å². The fraction of sp³-hybridized carbons (Fsp3) is 0.471. The molecule has 0 radical (unpaired) electrons. The zero-order valence-corrected chi connectivity index (χ0v) is 14.8. The molecule has 2 N–H and O–H groups in total. The number of nitro groups is 1. The van der Waals surface area contributed by atoms with Crippen molar-refractivity contribution in [3.63, 3.8) is 0 Å². The molecule has 10 nitrogen and oxygen atoms in total. The summed E-state index contributed by atoms with van der Waals surface area (Å²) in [4.78, 5) is 47.0. The van der Waals surface area contributed by atoms with E-state index in [9.17, 15) is 24.5 Å². The molecule has 1 aromatic rings. The number of nitrogens with one attached hydrogen (secondary N) is 2. The van der Waals surface area contributed by atoms with Crippen LogP contribution in [0.25, 0.3) is 0 Å². The van der Waals surface area contributed by atoms with E-state index in [1.807, 2.05) is 0 Å². The predicted molar refractivity (Wildman–Crippen MR) is 92.5 cm³/mol. The van der Waals surface area contributed by atoms with Crippen molar-refractivity contribution < 1.29 is 24.0 Å². The molecule has 1 aliphatic carbocycles. The van der Waals surface area contributed by atoms with Gasteiger partial charge < -0.3 is 10.1 Å². The van der Waals surface area contributed by atoms with E-state index in [4.69, 9.17) is 4.74 Å². The van der Waals surface area contributed by atoms with Crippen LogP contribution in [0.15, 0.2) is 24.3 Å². The van der Waals surface area contributed by atoms with E-state index in [2.05, 4.69) is 17.7 Å². The summed E-state index contributed by atoms with van der Waals surface area (Å²) in [5, 5.41) is 14.1. The van der Waals surface area contributed by atoms with Gasteiger partial charge in [-0.05, 0) is 37.7 Å². The highest BCUT2D eigenvalue weighted by Gasteiger charge is 2.52. The number of carbonyl (C=O) groups is 3. The Bertz CT molecular complexity index is 787. The van der Waals surface area contributed by atoms with Gasteiger partial charge in [-0.15, -0.1) is 0 Å². The Balaban J connectivity index is 1.58. The van der Waals surface area contributed by atoms with Crippen LogP contribution in [-0.2, 0) is 9.59 Å². The van der Waals surface area contributed by atoms with Gasteiger partial charge in [0, 0.05) is 6.07 Å². The van der Waals surface area contributed by atoms with E-state index < -0.39 is 34.9 Å². The monoisotopic (exact) mass is 376 g/mol. The average molecular weight is 376 g/mol. The summed E-state index contributed by atoms with van der Waals surface area (Å²) in [5.41, 5.74) is 1.13. The SMILES string of the molecule is CC1CCC2(CC1)NC(=O)N(NC(=O)COc1cccc([N+](=O)[O-])c1)C2=O. The molecular formula is C17H20N4O6. The maximum absolute atomic E-state index is 12.6. The Morgan fingerprint density at radius 3 is 2.78 bits per heavy atom. The highest BCUT2D eigenvalue weighted by molar-refractivity contribution is 6.08. The Morgan fingerprint density at radius 1 is 1.41 bits per heavy atom. The number of urea groups is 1. The smallest absolute Gasteiger partial charge is 0.344 e. The molecule has 1 heterocycles. The van der Waals surface area contributed by atoms with Crippen LogP contribution in [0.5, 0.6) is 5.75 Å². The van der Waals surface area contributed by atoms with Crippen LogP contribution < -0.4 is 15.5 Å². The number of rotatable bonds is 5. The Labute approximate surface area is 155 Å². The van der Waals surface area contributed by atoms with Crippen LogP contribution in [-0.4, -0.2) is 39.9 Å². The molecule has 1 saturated heterocycles. The van der Waals surface area contributed by atoms with Crippen LogP contribution in [0.3, 0.4) is 0 Å². The predicted octanol–water partition coefficient (Wildman–Crippen LogP) is 1.51. The summed E-state index contributed by atoms with van der Waals surface area (Å²) in [7, 11) is 0. The van der Waals surface area contributed by atoms with Crippen molar-refractivity contribution in [3.8, 4) is 5.75 Å². The minimum Gasteiger partial charge on any atom is -0.483 e. The van der Waals surface area contributed by atoms with Gasteiger partial charge in [0.05, 0.1) is 11.0 Å². The van der Waals surface area contributed by atoms with Gasteiger partial charge >= 0.3 is 6.03 Å². The molecule has 4 amide bonds. The van der Waals surface area contributed by atoms with Crippen molar-refractivity contribution in [3.05, 3.63) is 34.4 Å². The van der Waals surface area contributed by atoms with Crippen molar-refractivity contribution in [2.75, 3.05) is 6.61 Å². The number of hydrogen-bond acceptors (Lipinski definition) is 6. The second-order valence-corrected chi connectivity index (χ2v) is 6.91. The summed E-state index contributed by atoms with van der Waals surface area (Å²) < 4.78 is 5.20. The van der Waals surface area contributed by atoms with Gasteiger partial charge in [-0.2, -0.15) is 5.01 Å². The molecule has 0 bridgehead atoms. The highest BCUT2D eigenvalue weighted by Crippen LogP contribution is 2.35. The van der Waals surface area contributed by atoms with Gasteiger partial charge in [0.15, 0.2) is 6.61 Å². The van der Waals surface area contributed by atoms with Crippen molar-refractivity contribution in [2.45, 2.75) is 38.1 Å². The van der Waals surface area contributed by atoms with Crippen molar-refractivity contribution in [1.82, 2.24) is 15.8 Å². The lowest BCUT2D eigenvalue weighted by Crippen LogP contribution is -2.52. The van der Waals surface area contributed by atoms with Gasteiger partial charge in [-0.1, -0.05) is 13.0 Å². The Hall–Kier alpha value is -3.17. The molecule has 1 aromatic carbocycles. The molecule has 0 aromatic heterocycles. The summed E-state index contributed by atoms with van der Waals surface area (Å²) in [5.74, 6) is -0.559. The molecule has 1 aliphatic heterocycles. The lowest BCUT2D eigenvalue weighted by Gasteiger charge is -2.33. The number of non-ortho nitro benzene ring substituents is 1. The summed E-state index contributed by atoms with van der Waals surface area (Å²) in [6.07, 6.45) is 2.72. The zero-order valence-electron chi connectivity index (χ0n) is 14.8. The fourth-order valence-corrected chi connectivity index (χ4v) is 3.31. The van der Waals surface area contributed by atoms with E-state index in [1.54, 1.807) is 0 Å². The van der Waals surface area contributed by atoms with E-state index in [0.29, 0.717) is 23.8 Å². The Kier molecular flexibility index (Phi) is 4.98. The van der Waals surface area contributed by atoms with Crippen molar-refractivity contribution >= 4 is 23.5 Å². The number of hydrogen-bond donors (Lipinski definition) is 2. The van der Waals surface area contributed by atoms with Gasteiger partial charge in [0.25, 0.3) is 17.5 Å². The van der Waals surface area contributed by atoms with E-state index in [1.165, 1.54) is 24.3 Å². The third-order valence-electron chi connectivity index (χ3n) is 4.92. The van der Waals surface area contributed by atoms with E-state index in [0.717, 1.165) is 12.8 Å². The lowest BCUT2D eigenvalue weighted by atomic mass is 9.77. The van der Waals surface area contributed by atoms with E-state index in [-0.39, 0.29) is 11.4 Å².